The number of carbonyl (C=O) groups is 2. The lowest BCUT2D eigenvalue weighted by atomic mass is 10.1. The fourth-order valence-electron chi connectivity index (χ4n) is 2.33. The van der Waals surface area contributed by atoms with Crippen LogP contribution < -0.4 is 10.2 Å². The molecule has 0 aliphatic heterocycles. The lowest BCUT2D eigenvalue weighted by Crippen LogP contribution is -2.22. The number of amides is 1. The molecule has 0 fully saturated rings. The van der Waals surface area contributed by atoms with Crippen molar-refractivity contribution < 1.29 is 9.59 Å². The molecule has 0 atom stereocenters. The van der Waals surface area contributed by atoms with Crippen LogP contribution in [-0.2, 0) is 0 Å². The number of pyridine rings is 1. The van der Waals surface area contributed by atoms with E-state index in [2.05, 4.69) is 29.0 Å². The van der Waals surface area contributed by atoms with Gasteiger partial charge in [0.15, 0.2) is 5.78 Å². The molecular weight excluding hydrogens is 290 g/mol. The third-order valence-electron chi connectivity index (χ3n) is 3.64. The van der Waals surface area contributed by atoms with E-state index in [1.165, 1.54) is 13.1 Å². The van der Waals surface area contributed by atoms with Gasteiger partial charge in [0.05, 0.1) is 17.4 Å². The van der Waals surface area contributed by atoms with Crippen LogP contribution in [0.5, 0.6) is 0 Å². The van der Waals surface area contributed by atoms with E-state index in [4.69, 9.17) is 0 Å². The normalized spacial score (nSPS) is 10.2. The molecule has 2 aromatic rings. The van der Waals surface area contributed by atoms with E-state index >= 15 is 0 Å². The van der Waals surface area contributed by atoms with E-state index in [9.17, 15) is 9.59 Å². The molecule has 0 aliphatic rings. The SMILES string of the molecule is CCN(CC)c1cncc(C(=O)Nc2cccc(C(C)=O)c2)c1. The zero-order valence-electron chi connectivity index (χ0n) is 13.7. The summed E-state index contributed by atoms with van der Waals surface area (Å²) in [5, 5.41) is 2.81. The van der Waals surface area contributed by atoms with E-state index in [0.29, 0.717) is 16.8 Å². The number of nitrogens with zero attached hydrogens (tertiary/aromatic N) is 2. The molecule has 0 saturated heterocycles. The molecule has 1 aromatic heterocycles. The number of hydrogen-bond acceptors (Lipinski definition) is 4. The van der Waals surface area contributed by atoms with Crippen molar-refractivity contribution in [2.24, 2.45) is 0 Å². The summed E-state index contributed by atoms with van der Waals surface area (Å²) >= 11 is 0. The molecule has 1 heterocycles. The predicted octanol–water partition coefficient (Wildman–Crippen LogP) is 3.38. The highest BCUT2D eigenvalue weighted by Crippen LogP contribution is 2.16. The van der Waals surface area contributed by atoms with Crippen molar-refractivity contribution in [1.82, 2.24) is 4.98 Å². The Morgan fingerprint density at radius 1 is 1.09 bits per heavy atom. The number of anilines is 2. The molecule has 1 amide bonds. The number of carbonyl (C=O) groups excluding carboxylic acids is 2. The Morgan fingerprint density at radius 3 is 2.48 bits per heavy atom. The summed E-state index contributed by atoms with van der Waals surface area (Å²) in [6, 6.07) is 8.72. The molecule has 120 valence electrons. The van der Waals surface area contributed by atoms with Crippen molar-refractivity contribution in [3.63, 3.8) is 0 Å². The molecule has 1 N–H and O–H groups in total. The first-order valence-corrected chi connectivity index (χ1v) is 7.67. The van der Waals surface area contributed by atoms with E-state index in [0.717, 1.165) is 18.8 Å². The van der Waals surface area contributed by atoms with Gasteiger partial charge >= 0.3 is 0 Å². The molecule has 23 heavy (non-hydrogen) atoms. The number of ketones is 1. The van der Waals surface area contributed by atoms with E-state index in [-0.39, 0.29) is 11.7 Å². The van der Waals surface area contributed by atoms with Crippen LogP contribution in [0.4, 0.5) is 11.4 Å². The zero-order chi connectivity index (χ0) is 16.8. The Labute approximate surface area is 136 Å². The highest BCUT2D eigenvalue weighted by atomic mass is 16.1. The first-order chi connectivity index (χ1) is 11.0. The maximum absolute atomic E-state index is 12.4. The molecule has 0 spiro atoms. The minimum atomic E-state index is -0.243. The van der Waals surface area contributed by atoms with Crippen LogP contribution in [0.3, 0.4) is 0 Å². The van der Waals surface area contributed by atoms with Crippen LogP contribution in [0.25, 0.3) is 0 Å². The average Bonchev–Trinajstić information content (AvgIpc) is 2.56. The first-order valence-electron chi connectivity index (χ1n) is 7.67. The zero-order valence-corrected chi connectivity index (χ0v) is 13.7. The Bertz CT molecular complexity index is 709. The third-order valence-corrected chi connectivity index (χ3v) is 3.64. The van der Waals surface area contributed by atoms with E-state index in [1.54, 1.807) is 30.5 Å². The van der Waals surface area contributed by atoms with E-state index in [1.807, 2.05) is 6.07 Å². The molecule has 2 rings (SSSR count). The maximum atomic E-state index is 12.4. The van der Waals surface area contributed by atoms with Crippen LogP contribution in [0.2, 0.25) is 0 Å². The summed E-state index contributed by atoms with van der Waals surface area (Å²) in [5.74, 6) is -0.279. The first kappa shape index (κ1) is 16.7. The monoisotopic (exact) mass is 311 g/mol. The molecule has 0 bridgehead atoms. The van der Waals surface area contributed by atoms with Gasteiger partial charge in [0.1, 0.15) is 0 Å². The second-order valence-electron chi connectivity index (χ2n) is 5.20. The summed E-state index contributed by atoms with van der Waals surface area (Å²) in [5.41, 5.74) is 2.57. The van der Waals surface area contributed by atoms with Crippen LogP contribution >= 0.6 is 0 Å². The fourth-order valence-corrected chi connectivity index (χ4v) is 2.33. The molecule has 5 heteroatoms. The molecule has 0 radical (unpaired) electrons. The lowest BCUT2D eigenvalue weighted by molar-refractivity contribution is 0.101. The molecule has 0 unspecified atom stereocenters. The summed E-state index contributed by atoms with van der Waals surface area (Å²) in [7, 11) is 0. The van der Waals surface area contributed by atoms with Gasteiger partial charge in [-0.25, -0.2) is 0 Å². The topological polar surface area (TPSA) is 62.3 Å². The van der Waals surface area contributed by atoms with Crippen LogP contribution in [0, 0.1) is 0 Å². The maximum Gasteiger partial charge on any atom is 0.257 e. The van der Waals surface area contributed by atoms with Crippen molar-refractivity contribution >= 4 is 23.1 Å². The Balaban J connectivity index is 2.19. The van der Waals surface area contributed by atoms with Crippen molar-refractivity contribution in [3.05, 3.63) is 53.9 Å². The van der Waals surface area contributed by atoms with Crippen LogP contribution in [0.1, 0.15) is 41.5 Å². The number of hydrogen-bond donors (Lipinski definition) is 1. The van der Waals surface area contributed by atoms with Crippen molar-refractivity contribution in [2.45, 2.75) is 20.8 Å². The van der Waals surface area contributed by atoms with Gasteiger partial charge in [-0.2, -0.15) is 0 Å². The highest BCUT2D eigenvalue weighted by molar-refractivity contribution is 6.05. The Hall–Kier alpha value is -2.69. The van der Waals surface area contributed by atoms with Gasteiger partial charge in [-0.15, -0.1) is 0 Å². The van der Waals surface area contributed by atoms with Crippen LogP contribution in [-0.4, -0.2) is 29.8 Å². The molecule has 0 saturated carbocycles. The third kappa shape index (κ3) is 4.16. The van der Waals surface area contributed by atoms with Gasteiger partial charge in [-0.05, 0) is 39.0 Å². The van der Waals surface area contributed by atoms with Gasteiger partial charge < -0.3 is 10.2 Å². The molecule has 0 aliphatic carbocycles. The van der Waals surface area contributed by atoms with Gasteiger partial charge in [-0.3, -0.25) is 14.6 Å². The fraction of sp³-hybridized carbons (Fsp3) is 0.278. The number of aromatic nitrogens is 1. The minimum Gasteiger partial charge on any atom is -0.371 e. The smallest absolute Gasteiger partial charge is 0.257 e. The number of rotatable bonds is 6. The summed E-state index contributed by atoms with van der Waals surface area (Å²) < 4.78 is 0. The second kappa shape index (κ2) is 7.54. The Kier molecular flexibility index (Phi) is 5.46. The van der Waals surface area contributed by atoms with Crippen LogP contribution in [0.15, 0.2) is 42.7 Å². The Morgan fingerprint density at radius 2 is 1.83 bits per heavy atom. The number of Topliss-reactive ketones (excluding diaryl/α,β-unsaturated/α-hetero) is 1. The summed E-state index contributed by atoms with van der Waals surface area (Å²) in [6.07, 6.45) is 3.29. The molecule has 1 aromatic carbocycles. The van der Waals surface area contributed by atoms with Gasteiger partial charge in [-0.1, -0.05) is 12.1 Å². The standard InChI is InChI=1S/C18H21N3O2/c1-4-21(5-2)17-10-15(11-19-12-17)18(23)20-16-8-6-7-14(9-16)13(3)22/h6-12H,4-5H2,1-3H3,(H,20,23). The van der Waals surface area contributed by atoms with Gasteiger partial charge in [0.25, 0.3) is 5.91 Å². The molecular formula is C18H21N3O2. The summed E-state index contributed by atoms with van der Waals surface area (Å²) in [4.78, 5) is 30.1. The van der Waals surface area contributed by atoms with E-state index < -0.39 is 0 Å². The minimum absolute atomic E-state index is 0.0358. The van der Waals surface area contributed by atoms with Gasteiger partial charge in [0, 0.05) is 30.5 Å². The molecule has 5 nitrogen and oxygen atoms in total. The quantitative estimate of drug-likeness (QED) is 0.831. The highest BCUT2D eigenvalue weighted by Gasteiger charge is 2.10. The summed E-state index contributed by atoms with van der Waals surface area (Å²) in [6.45, 7) is 7.32. The predicted molar refractivity (Wildman–Crippen MR) is 92.2 cm³/mol. The lowest BCUT2D eigenvalue weighted by Gasteiger charge is -2.20. The number of benzene rings is 1. The van der Waals surface area contributed by atoms with Gasteiger partial charge in [0.2, 0.25) is 0 Å². The average molecular weight is 311 g/mol. The van der Waals surface area contributed by atoms with Crippen molar-refractivity contribution in [3.8, 4) is 0 Å². The largest absolute Gasteiger partial charge is 0.371 e. The number of nitrogens with one attached hydrogen (secondary N) is 1. The second-order valence-corrected chi connectivity index (χ2v) is 5.20. The van der Waals surface area contributed by atoms with Crippen molar-refractivity contribution in [2.75, 3.05) is 23.3 Å². The van der Waals surface area contributed by atoms with Crippen molar-refractivity contribution in [1.29, 1.82) is 0 Å².